The third kappa shape index (κ3) is 4.59. The van der Waals surface area contributed by atoms with Gasteiger partial charge in [0.05, 0.1) is 29.5 Å². The van der Waals surface area contributed by atoms with Gasteiger partial charge in [-0.3, -0.25) is 4.72 Å². The van der Waals surface area contributed by atoms with Gasteiger partial charge in [-0.05, 0) is 36.4 Å². The molecule has 0 atom stereocenters. The first-order valence-corrected chi connectivity index (χ1v) is 13.1. The third-order valence-electron chi connectivity index (χ3n) is 4.69. The van der Waals surface area contributed by atoms with Crippen molar-refractivity contribution in [3.8, 4) is 0 Å². The minimum absolute atomic E-state index is 0.0773. The van der Waals surface area contributed by atoms with Crippen molar-refractivity contribution < 1.29 is 26.0 Å². The van der Waals surface area contributed by atoms with Crippen molar-refractivity contribution in [3.05, 3.63) is 66.5 Å². The van der Waals surface area contributed by atoms with Crippen LogP contribution >= 0.6 is 11.3 Å². The topological polar surface area (TPSA) is 92.8 Å². The number of morpholine rings is 1. The number of nitrogens with zero attached hydrogens (tertiary/aromatic N) is 1. The number of thiophene rings is 1. The Bertz CT molecular complexity index is 1290. The molecule has 1 aliphatic heterocycles. The standard InChI is InChI=1S/C20H19FN2O5S3/c21-15-6-7-18(23-10-12-28-13-11-23)17(14-15)22-31(26,27)20-9-8-19(29-20)30(24,25)16-4-2-1-3-5-16/h1-9,14,22H,10-13H2. The van der Waals surface area contributed by atoms with Gasteiger partial charge in [0, 0.05) is 19.2 Å². The molecule has 0 unspecified atom stereocenters. The summed E-state index contributed by atoms with van der Waals surface area (Å²) in [5, 5.41) is 0. The second-order valence-corrected chi connectivity index (χ2v) is 11.9. The Morgan fingerprint density at radius 2 is 1.58 bits per heavy atom. The first-order valence-electron chi connectivity index (χ1n) is 9.32. The lowest BCUT2D eigenvalue weighted by Gasteiger charge is -2.30. The van der Waals surface area contributed by atoms with Gasteiger partial charge in [0.1, 0.15) is 14.2 Å². The van der Waals surface area contributed by atoms with E-state index in [1.807, 2.05) is 4.90 Å². The molecule has 3 aromatic rings. The highest BCUT2D eigenvalue weighted by molar-refractivity contribution is 7.96. The number of benzene rings is 2. The van der Waals surface area contributed by atoms with Crippen LogP contribution in [0.15, 0.2) is 74.0 Å². The fourth-order valence-corrected chi connectivity index (χ4v) is 7.43. The number of rotatable bonds is 6. The predicted molar refractivity (Wildman–Crippen MR) is 116 cm³/mol. The van der Waals surface area contributed by atoms with Gasteiger partial charge in [0.25, 0.3) is 10.0 Å². The second-order valence-electron chi connectivity index (χ2n) is 6.76. The third-order valence-corrected chi connectivity index (χ3v) is 9.90. The number of nitrogens with one attached hydrogen (secondary N) is 1. The van der Waals surface area contributed by atoms with Crippen LogP contribution < -0.4 is 9.62 Å². The maximum absolute atomic E-state index is 13.9. The molecule has 1 N–H and O–H groups in total. The molecule has 0 spiro atoms. The zero-order valence-corrected chi connectivity index (χ0v) is 18.6. The molecular weight excluding hydrogens is 463 g/mol. The van der Waals surface area contributed by atoms with Crippen LogP contribution in [0.2, 0.25) is 0 Å². The molecule has 0 saturated carbocycles. The molecule has 0 amide bonds. The van der Waals surface area contributed by atoms with Gasteiger partial charge < -0.3 is 9.64 Å². The van der Waals surface area contributed by atoms with Gasteiger partial charge in [-0.2, -0.15) is 0 Å². The fourth-order valence-electron chi connectivity index (χ4n) is 3.17. The quantitative estimate of drug-likeness (QED) is 0.579. The number of ether oxygens (including phenoxy) is 1. The van der Waals surface area contributed by atoms with Crippen molar-refractivity contribution in [1.82, 2.24) is 0 Å². The SMILES string of the molecule is O=S(=O)(Nc1cc(F)ccc1N1CCOCC1)c1ccc(S(=O)(=O)c2ccccc2)s1. The lowest BCUT2D eigenvalue weighted by Crippen LogP contribution is -2.36. The monoisotopic (exact) mass is 482 g/mol. The van der Waals surface area contributed by atoms with Gasteiger partial charge in [-0.15, -0.1) is 11.3 Å². The molecule has 7 nitrogen and oxygen atoms in total. The first-order chi connectivity index (χ1) is 14.8. The summed E-state index contributed by atoms with van der Waals surface area (Å²) in [6.45, 7) is 2.04. The van der Waals surface area contributed by atoms with Gasteiger partial charge in [0.2, 0.25) is 9.84 Å². The van der Waals surface area contributed by atoms with Gasteiger partial charge >= 0.3 is 0 Å². The Kier molecular flexibility index (Phi) is 6.02. The van der Waals surface area contributed by atoms with E-state index < -0.39 is 25.7 Å². The van der Waals surface area contributed by atoms with E-state index in [4.69, 9.17) is 4.74 Å². The molecule has 4 rings (SSSR count). The second kappa shape index (κ2) is 8.58. The van der Waals surface area contributed by atoms with Gasteiger partial charge in [-0.25, -0.2) is 21.2 Å². The van der Waals surface area contributed by atoms with E-state index in [-0.39, 0.29) is 19.0 Å². The smallest absolute Gasteiger partial charge is 0.271 e. The Morgan fingerprint density at radius 1 is 0.903 bits per heavy atom. The summed E-state index contributed by atoms with van der Waals surface area (Å²) < 4.78 is 72.8. The highest BCUT2D eigenvalue weighted by Crippen LogP contribution is 2.34. The molecule has 2 heterocycles. The van der Waals surface area contributed by atoms with E-state index in [1.165, 1.54) is 36.4 Å². The van der Waals surface area contributed by atoms with Crippen molar-refractivity contribution in [2.24, 2.45) is 0 Å². The summed E-state index contributed by atoms with van der Waals surface area (Å²) >= 11 is 0.641. The van der Waals surface area contributed by atoms with Crippen LogP contribution in [0.3, 0.4) is 0 Å². The zero-order valence-electron chi connectivity index (χ0n) is 16.2. The minimum Gasteiger partial charge on any atom is -0.378 e. The highest BCUT2D eigenvalue weighted by atomic mass is 32.3. The van der Waals surface area contributed by atoms with Crippen LogP contribution in [-0.4, -0.2) is 43.1 Å². The normalized spacial score (nSPS) is 15.1. The zero-order chi connectivity index (χ0) is 22.1. The number of anilines is 2. The summed E-state index contributed by atoms with van der Waals surface area (Å²) in [5.41, 5.74) is 0.615. The van der Waals surface area contributed by atoms with E-state index in [0.717, 1.165) is 6.07 Å². The van der Waals surface area contributed by atoms with Crippen LogP contribution in [0.1, 0.15) is 0 Å². The van der Waals surface area contributed by atoms with Crippen LogP contribution in [0.5, 0.6) is 0 Å². The van der Waals surface area contributed by atoms with Crippen molar-refractivity contribution >= 4 is 42.6 Å². The van der Waals surface area contributed by atoms with E-state index >= 15 is 0 Å². The first kappa shape index (κ1) is 21.8. The van der Waals surface area contributed by atoms with E-state index in [2.05, 4.69) is 4.72 Å². The van der Waals surface area contributed by atoms with Crippen molar-refractivity contribution in [3.63, 3.8) is 0 Å². The Morgan fingerprint density at radius 3 is 2.29 bits per heavy atom. The molecule has 0 radical (unpaired) electrons. The van der Waals surface area contributed by atoms with Crippen LogP contribution in [-0.2, 0) is 24.6 Å². The summed E-state index contributed by atoms with van der Waals surface area (Å²) in [6, 6.07) is 14.2. The van der Waals surface area contributed by atoms with E-state index in [0.29, 0.717) is 43.3 Å². The average molecular weight is 483 g/mol. The molecule has 1 aliphatic rings. The molecule has 0 aliphatic carbocycles. The lowest BCUT2D eigenvalue weighted by atomic mass is 10.2. The van der Waals surface area contributed by atoms with E-state index in [1.54, 1.807) is 18.2 Å². The molecule has 164 valence electrons. The number of halogens is 1. The van der Waals surface area contributed by atoms with Crippen LogP contribution in [0.25, 0.3) is 0 Å². The highest BCUT2D eigenvalue weighted by Gasteiger charge is 2.26. The molecule has 2 aromatic carbocycles. The Labute approximate surface area is 184 Å². The molecule has 1 aromatic heterocycles. The average Bonchev–Trinajstić information content (AvgIpc) is 3.27. The van der Waals surface area contributed by atoms with E-state index in [9.17, 15) is 21.2 Å². The van der Waals surface area contributed by atoms with Crippen LogP contribution in [0, 0.1) is 5.82 Å². The summed E-state index contributed by atoms with van der Waals surface area (Å²) in [4.78, 5) is 1.98. The Hall–Kier alpha value is -2.47. The summed E-state index contributed by atoms with van der Waals surface area (Å²) in [5.74, 6) is -0.590. The molecular formula is C20H19FN2O5S3. The summed E-state index contributed by atoms with van der Waals surface area (Å²) in [7, 11) is -7.97. The maximum Gasteiger partial charge on any atom is 0.271 e. The number of hydrogen-bond donors (Lipinski definition) is 1. The Balaban J connectivity index is 1.65. The van der Waals surface area contributed by atoms with Crippen LogP contribution in [0.4, 0.5) is 15.8 Å². The largest absolute Gasteiger partial charge is 0.378 e. The van der Waals surface area contributed by atoms with Gasteiger partial charge in [0.15, 0.2) is 0 Å². The molecule has 1 fully saturated rings. The lowest BCUT2D eigenvalue weighted by molar-refractivity contribution is 0.123. The predicted octanol–water partition coefficient (Wildman–Crippen LogP) is 3.36. The molecule has 0 bridgehead atoms. The maximum atomic E-state index is 13.9. The van der Waals surface area contributed by atoms with Crippen molar-refractivity contribution in [1.29, 1.82) is 0 Å². The summed E-state index contributed by atoms with van der Waals surface area (Å²) in [6.07, 6.45) is 0. The fraction of sp³-hybridized carbons (Fsp3) is 0.200. The molecule has 1 saturated heterocycles. The number of hydrogen-bond acceptors (Lipinski definition) is 7. The van der Waals surface area contributed by atoms with Gasteiger partial charge in [-0.1, -0.05) is 18.2 Å². The number of sulfonamides is 1. The minimum atomic E-state index is -4.13. The number of sulfone groups is 1. The molecule has 31 heavy (non-hydrogen) atoms. The van der Waals surface area contributed by atoms with Crippen molar-refractivity contribution in [2.45, 2.75) is 13.3 Å². The molecule has 11 heteroatoms. The van der Waals surface area contributed by atoms with Crippen molar-refractivity contribution in [2.75, 3.05) is 35.9 Å².